The molecule has 0 fully saturated rings. The number of para-hydroxylation sites is 1. The maximum atomic E-state index is 13.2. The van der Waals surface area contributed by atoms with Gasteiger partial charge in [-0.05, 0) is 26.4 Å². The number of allylic oxidation sites excluding steroid dienone is 1. The van der Waals surface area contributed by atoms with E-state index >= 15 is 0 Å². The Morgan fingerprint density at radius 1 is 1.12 bits per heavy atom. The predicted molar refractivity (Wildman–Crippen MR) is 99.5 cm³/mol. The summed E-state index contributed by atoms with van der Waals surface area (Å²) in [6.07, 6.45) is 1.46. The second kappa shape index (κ2) is 5.96. The fraction of sp³-hybridized carbons (Fsp3) is 0.0556. The number of ketones is 1. The van der Waals surface area contributed by atoms with Crippen LogP contribution in [0.2, 0.25) is 0 Å². The molecule has 2 aliphatic rings. The van der Waals surface area contributed by atoms with Crippen molar-refractivity contribution in [2.45, 2.75) is 4.90 Å². The average molecular weight is 353 g/mol. The van der Waals surface area contributed by atoms with Gasteiger partial charge in [0.2, 0.25) is 0 Å². The molecular weight excluding hydrogens is 340 g/mol. The Morgan fingerprint density at radius 3 is 2.71 bits per heavy atom. The molecule has 2 heterocycles. The Morgan fingerprint density at radius 2 is 1.88 bits per heavy atom. The number of nitrogens with zero attached hydrogens (tertiary/aromatic N) is 2. The van der Waals surface area contributed by atoms with Crippen LogP contribution in [0.4, 0.5) is 5.69 Å². The highest BCUT2D eigenvalue weighted by Gasteiger charge is 2.18. The molecule has 4 nitrogen and oxygen atoms in total. The quantitative estimate of drug-likeness (QED) is 0.473. The second-order valence-electron chi connectivity index (χ2n) is 5.33. The highest BCUT2D eigenvalue weighted by atomic mass is 32.9. The van der Waals surface area contributed by atoms with E-state index in [1.165, 1.54) is 6.08 Å². The number of aliphatic imine (C=N–C) groups is 2. The van der Waals surface area contributed by atoms with Gasteiger partial charge in [-0.25, -0.2) is 4.99 Å². The monoisotopic (exact) mass is 353 g/mol. The van der Waals surface area contributed by atoms with Gasteiger partial charge >= 0.3 is 0 Å². The molecule has 0 aromatic heterocycles. The minimum absolute atomic E-state index is 0.136. The highest BCUT2D eigenvalue weighted by Crippen LogP contribution is 2.31. The first-order valence-corrected chi connectivity index (χ1v) is 10.8. The molecule has 0 bridgehead atoms. The van der Waals surface area contributed by atoms with Crippen LogP contribution in [0, 0.1) is 0 Å². The molecule has 2 unspecified atom stereocenters. The first kappa shape index (κ1) is 15.2. The van der Waals surface area contributed by atoms with Gasteiger partial charge in [-0.2, -0.15) is 0 Å². The Balaban J connectivity index is 1.69. The summed E-state index contributed by atoms with van der Waals surface area (Å²) in [5.41, 5.74) is 6.46. The van der Waals surface area contributed by atoms with Crippen LogP contribution in [-0.2, 0) is 17.9 Å². The van der Waals surface area contributed by atoms with E-state index < -0.39 is 17.9 Å². The van der Waals surface area contributed by atoms with Crippen LogP contribution < -0.4 is 0 Å². The van der Waals surface area contributed by atoms with Crippen LogP contribution in [0.1, 0.15) is 10.4 Å². The average Bonchev–Trinajstić information content (AvgIpc) is 3.20. The third-order valence-corrected chi connectivity index (χ3v) is 9.50. The van der Waals surface area contributed by atoms with Gasteiger partial charge in [0.15, 0.2) is 5.78 Å². The molecule has 0 amide bonds. The van der Waals surface area contributed by atoms with Crippen molar-refractivity contribution in [3.63, 3.8) is 0 Å². The normalized spacial score (nSPS) is 26.0. The molecule has 0 aliphatic carbocycles. The van der Waals surface area contributed by atoms with Crippen molar-refractivity contribution in [3.05, 3.63) is 71.9 Å². The summed E-state index contributed by atoms with van der Waals surface area (Å²) in [6, 6.07) is 16.7. The topological polar surface area (TPSA) is 58.9 Å². The third kappa shape index (κ3) is 2.68. The smallest absolute Gasteiger partial charge is 0.170 e. The van der Waals surface area contributed by atoms with Gasteiger partial charge in [0.1, 0.15) is 0 Å². The Kier molecular flexibility index (Phi) is 3.78. The van der Waals surface area contributed by atoms with E-state index in [0.29, 0.717) is 11.3 Å². The van der Waals surface area contributed by atoms with Gasteiger partial charge in [-0.1, -0.05) is 69.2 Å². The number of carbonyl (C=O) groups excluding carboxylic acids is 1. The molecule has 24 heavy (non-hydrogen) atoms. The lowest BCUT2D eigenvalue weighted by Crippen LogP contribution is -2.10. The zero-order valence-corrected chi connectivity index (χ0v) is 14.2. The Hall–Kier alpha value is -2.31. The zero-order chi connectivity index (χ0) is 16.6. The minimum atomic E-state index is -2.48. The SMILES string of the molecule is O=C(C=C1CS(=O)(=S2C=Nc3ccccc32)[C-]=N1)c1ccccc1. The lowest BCUT2D eigenvalue weighted by molar-refractivity contribution is 0.104. The minimum Gasteiger partial charge on any atom is -0.445 e. The highest BCUT2D eigenvalue weighted by molar-refractivity contribution is 8.57. The maximum Gasteiger partial charge on any atom is 0.170 e. The van der Waals surface area contributed by atoms with Crippen LogP contribution >= 0.6 is 0 Å². The predicted octanol–water partition coefficient (Wildman–Crippen LogP) is 3.22. The summed E-state index contributed by atoms with van der Waals surface area (Å²) in [4.78, 5) is 21.7. The van der Waals surface area contributed by atoms with Crippen LogP contribution in [0.3, 0.4) is 0 Å². The lowest BCUT2D eigenvalue weighted by Gasteiger charge is -2.11. The van der Waals surface area contributed by atoms with E-state index in [9.17, 15) is 9.00 Å². The zero-order valence-electron chi connectivity index (χ0n) is 12.6. The number of fused-ring (bicyclic) bond motifs is 1. The molecule has 6 heteroatoms. The molecule has 0 spiro atoms. The molecule has 4 rings (SSSR count). The molecule has 2 atom stereocenters. The summed E-state index contributed by atoms with van der Waals surface area (Å²) >= 11 is 0. The summed E-state index contributed by atoms with van der Waals surface area (Å²) in [5, 5.41) is 0. The largest absolute Gasteiger partial charge is 0.445 e. The molecule has 2 aromatic carbocycles. The van der Waals surface area contributed by atoms with Gasteiger partial charge in [-0.15, -0.1) is 0 Å². The van der Waals surface area contributed by atoms with Crippen molar-refractivity contribution >= 4 is 40.5 Å². The molecule has 2 aromatic rings. The van der Waals surface area contributed by atoms with Gasteiger partial charge in [0.25, 0.3) is 0 Å². The first-order valence-electron chi connectivity index (χ1n) is 7.32. The molecule has 0 saturated carbocycles. The molecule has 2 aliphatic heterocycles. The van der Waals surface area contributed by atoms with E-state index in [2.05, 4.69) is 15.5 Å². The van der Waals surface area contributed by atoms with Crippen LogP contribution in [0.5, 0.6) is 0 Å². The summed E-state index contributed by atoms with van der Waals surface area (Å²) in [7, 11) is -3.13. The molecule has 0 saturated heterocycles. The van der Waals surface area contributed by atoms with E-state index in [0.717, 1.165) is 10.6 Å². The fourth-order valence-electron chi connectivity index (χ4n) is 2.51. The van der Waals surface area contributed by atoms with Crippen molar-refractivity contribution < 1.29 is 9.00 Å². The van der Waals surface area contributed by atoms with Crippen LogP contribution in [0.25, 0.3) is 0 Å². The number of carbonyl (C=O) groups is 1. The third-order valence-electron chi connectivity index (χ3n) is 3.68. The number of hydrogen-bond donors (Lipinski definition) is 0. The van der Waals surface area contributed by atoms with Gasteiger partial charge in [-0.3, -0.25) is 9.00 Å². The van der Waals surface area contributed by atoms with Crippen molar-refractivity contribution in [2.75, 3.05) is 5.75 Å². The number of hydrogen-bond acceptors (Lipinski definition) is 4. The van der Waals surface area contributed by atoms with E-state index in [1.54, 1.807) is 17.7 Å². The molecule has 0 N–H and O–H groups in total. The fourth-order valence-corrected chi connectivity index (χ4v) is 7.80. The van der Waals surface area contributed by atoms with E-state index in [4.69, 9.17) is 0 Å². The van der Waals surface area contributed by atoms with Crippen molar-refractivity contribution in [1.29, 1.82) is 0 Å². The van der Waals surface area contributed by atoms with E-state index in [1.807, 2.05) is 42.5 Å². The molecule has 120 valence electrons. The van der Waals surface area contributed by atoms with Gasteiger partial charge in [0.05, 0.1) is 11.2 Å². The first-order chi connectivity index (χ1) is 11.7. The van der Waals surface area contributed by atoms with Crippen molar-refractivity contribution in [3.8, 4) is 0 Å². The summed E-state index contributed by atoms with van der Waals surface area (Å²) in [5.74, 6) is 0.0957. The maximum absolute atomic E-state index is 13.2. The molecule has 0 radical (unpaired) electrons. The van der Waals surface area contributed by atoms with Crippen molar-refractivity contribution in [1.82, 2.24) is 0 Å². The summed E-state index contributed by atoms with van der Waals surface area (Å²) < 4.78 is 13.2. The molecular formula is C18H13N2O2S2-. The van der Waals surface area contributed by atoms with Crippen LogP contribution in [0.15, 0.2) is 81.3 Å². The standard InChI is InChI=1S/C18H13N2O2S2/c21-17(14-6-2-1-3-7-14)10-15-11-24(22,13-20-15)23-12-19-16-8-4-5-9-18(16)23/h1-10,12H,11H2/q-1. The lowest BCUT2D eigenvalue weighted by atomic mass is 10.1. The van der Waals surface area contributed by atoms with Crippen LogP contribution in [-0.4, -0.2) is 26.8 Å². The Bertz CT molecular complexity index is 1040. The van der Waals surface area contributed by atoms with Crippen molar-refractivity contribution in [2.24, 2.45) is 9.98 Å². The number of rotatable bonds is 2. The summed E-state index contributed by atoms with van der Waals surface area (Å²) in [6.45, 7) is 0. The number of benzene rings is 2. The Labute approximate surface area is 142 Å². The second-order valence-corrected chi connectivity index (χ2v) is 11.0. The van der Waals surface area contributed by atoms with Gasteiger partial charge in [0, 0.05) is 10.5 Å². The van der Waals surface area contributed by atoms with Gasteiger partial charge < -0.3 is 4.99 Å². The van der Waals surface area contributed by atoms with E-state index in [-0.39, 0.29) is 11.5 Å².